The molecule has 0 bridgehead atoms. The summed E-state index contributed by atoms with van der Waals surface area (Å²) in [7, 11) is 0. The highest BCUT2D eigenvalue weighted by Gasteiger charge is 1.77. The van der Waals surface area contributed by atoms with Gasteiger partial charge in [-0.25, -0.2) is 0 Å². The fraction of sp³-hybridized carbons (Fsp3) is 0.500. The lowest BCUT2D eigenvalue weighted by Crippen LogP contribution is -2.14. The molecule has 0 radical (unpaired) electrons. The van der Waals surface area contributed by atoms with E-state index in [2.05, 4.69) is 23.1 Å². The Kier molecular flexibility index (Phi) is 6.36. The summed E-state index contributed by atoms with van der Waals surface area (Å²) in [6.45, 7) is 3.37. The monoisotopic (exact) mass is 121 g/mol. The van der Waals surface area contributed by atoms with Gasteiger partial charge in [0.05, 0.1) is 6.54 Å². The summed E-state index contributed by atoms with van der Waals surface area (Å²) >= 11 is 0. The third kappa shape index (κ3) is 7.08. The van der Waals surface area contributed by atoms with Crippen LogP contribution in [0.15, 0.2) is 0 Å². The molecule has 1 N–H and O–H groups in total. The van der Waals surface area contributed by atoms with E-state index in [9.17, 15) is 0 Å². The van der Waals surface area contributed by atoms with Crippen molar-refractivity contribution in [1.82, 2.24) is 5.32 Å². The summed E-state index contributed by atoms with van der Waals surface area (Å²) < 4.78 is 0. The molecule has 0 heterocycles. The van der Waals surface area contributed by atoms with Crippen molar-refractivity contribution in [2.45, 2.75) is 13.3 Å². The standard InChI is InChI=1S/C8H11N/c1-3-5-6-8-9-7-4-2/h2,9H,6-8H2,1H3. The SMILES string of the molecule is C#CCNCCC#CC. The molecule has 1 heteroatoms. The second kappa shape index (κ2) is 7.08. The minimum Gasteiger partial charge on any atom is -0.305 e. The Bertz CT molecular complexity index is 142. The first-order valence-corrected chi connectivity index (χ1v) is 2.95. The van der Waals surface area contributed by atoms with Crippen molar-refractivity contribution in [1.29, 1.82) is 0 Å². The maximum absolute atomic E-state index is 4.99. The summed E-state index contributed by atoms with van der Waals surface area (Å²) in [5, 5.41) is 3.03. The number of terminal acetylenes is 1. The Morgan fingerprint density at radius 3 is 2.89 bits per heavy atom. The van der Waals surface area contributed by atoms with Crippen molar-refractivity contribution in [3.63, 3.8) is 0 Å². The number of hydrogen-bond acceptors (Lipinski definition) is 1. The largest absolute Gasteiger partial charge is 0.305 e. The van der Waals surface area contributed by atoms with Gasteiger partial charge in [-0.05, 0) is 6.92 Å². The van der Waals surface area contributed by atoms with Crippen LogP contribution in [0.25, 0.3) is 0 Å². The highest BCUT2D eigenvalue weighted by atomic mass is 14.8. The van der Waals surface area contributed by atoms with Crippen molar-refractivity contribution in [2.24, 2.45) is 0 Å². The molecule has 0 aromatic carbocycles. The van der Waals surface area contributed by atoms with Crippen LogP contribution < -0.4 is 5.32 Å². The molecule has 1 nitrogen and oxygen atoms in total. The first kappa shape index (κ1) is 8.08. The van der Waals surface area contributed by atoms with Gasteiger partial charge >= 0.3 is 0 Å². The maximum Gasteiger partial charge on any atom is 0.0574 e. The molecule has 0 unspecified atom stereocenters. The average Bonchev–Trinajstić information content (AvgIpc) is 1.89. The van der Waals surface area contributed by atoms with E-state index in [1.165, 1.54) is 0 Å². The summed E-state index contributed by atoms with van der Waals surface area (Å²) in [5.74, 6) is 8.21. The Hall–Kier alpha value is -0.920. The average molecular weight is 121 g/mol. The zero-order valence-electron chi connectivity index (χ0n) is 5.70. The third-order valence-electron chi connectivity index (χ3n) is 0.831. The van der Waals surface area contributed by atoms with Crippen LogP contribution in [0.5, 0.6) is 0 Å². The molecule has 0 aliphatic rings. The molecular weight excluding hydrogens is 110 g/mol. The number of nitrogens with one attached hydrogen (secondary N) is 1. The molecule has 0 aromatic rings. The molecule has 0 amide bonds. The van der Waals surface area contributed by atoms with E-state index in [4.69, 9.17) is 6.42 Å². The zero-order chi connectivity index (χ0) is 6.95. The van der Waals surface area contributed by atoms with Gasteiger partial charge in [-0.15, -0.1) is 18.3 Å². The van der Waals surface area contributed by atoms with Gasteiger partial charge in [-0.2, -0.15) is 0 Å². The van der Waals surface area contributed by atoms with E-state index in [1.807, 2.05) is 6.92 Å². The van der Waals surface area contributed by atoms with Gasteiger partial charge in [0.1, 0.15) is 0 Å². The van der Waals surface area contributed by atoms with Crippen LogP contribution in [-0.4, -0.2) is 13.1 Å². The quantitative estimate of drug-likeness (QED) is 0.426. The third-order valence-corrected chi connectivity index (χ3v) is 0.831. The van der Waals surface area contributed by atoms with Crippen LogP contribution in [0.2, 0.25) is 0 Å². The lowest BCUT2D eigenvalue weighted by molar-refractivity contribution is 0.774. The summed E-state index contributed by atoms with van der Waals surface area (Å²) in [4.78, 5) is 0. The molecule has 48 valence electrons. The van der Waals surface area contributed by atoms with E-state index in [0.717, 1.165) is 13.0 Å². The van der Waals surface area contributed by atoms with Crippen LogP contribution in [0.3, 0.4) is 0 Å². The summed E-state index contributed by atoms with van der Waals surface area (Å²) in [6.07, 6.45) is 5.88. The Morgan fingerprint density at radius 2 is 2.33 bits per heavy atom. The molecule has 0 aromatic heterocycles. The van der Waals surface area contributed by atoms with Crippen LogP contribution >= 0.6 is 0 Å². The molecule has 0 fully saturated rings. The lowest BCUT2D eigenvalue weighted by Gasteiger charge is -1.91. The highest BCUT2D eigenvalue weighted by Crippen LogP contribution is 1.69. The first-order chi connectivity index (χ1) is 4.41. The molecule has 0 aliphatic heterocycles. The van der Waals surface area contributed by atoms with Crippen LogP contribution in [0.4, 0.5) is 0 Å². The maximum atomic E-state index is 4.99. The molecule has 9 heavy (non-hydrogen) atoms. The smallest absolute Gasteiger partial charge is 0.0574 e. The van der Waals surface area contributed by atoms with Gasteiger partial charge in [0.2, 0.25) is 0 Å². The fourth-order valence-corrected chi connectivity index (χ4v) is 0.436. The van der Waals surface area contributed by atoms with Crippen molar-refractivity contribution in [3.05, 3.63) is 0 Å². The summed E-state index contributed by atoms with van der Waals surface area (Å²) in [6, 6.07) is 0. The van der Waals surface area contributed by atoms with Crippen molar-refractivity contribution in [2.75, 3.05) is 13.1 Å². The van der Waals surface area contributed by atoms with E-state index < -0.39 is 0 Å². The molecule has 0 saturated carbocycles. The van der Waals surface area contributed by atoms with Crippen molar-refractivity contribution < 1.29 is 0 Å². The van der Waals surface area contributed by atoms with Gasteiger partial charge in [-0.3, -0.25) is 0 Å². The topological polar surface area (TPSA) is 12.0 Å². The second-order valence-electron chi connectivity index (χ2n) is 1.56. The molecule has 0 spiro atoms. The molecule has 0 saturated heterocycles. The predicted octanol–water partition coefficient (Wildman–Crippen LogP) is 0.623. The zero-order valence-corrected chi connectivity index (χ0v) is 5.70. The van der Waals surface area contributed by atoms with Crippen LogP contribution in [0.1, 0.15) is 13.3 Å². The van der Waals surface area contributed by atoms with Gasteiger partial charge < -0.3 is 5.32 Å². The minimum atomic E-state index is 0.644. The second-order valence-corrected chi connectivity index (χ2v) is 1.56. The highest BCUT2D eigenvalue weighted by molar-refractivity contribution is 4.95. The van der Waals surface area contributed by atoms with Gasteiger partial charge in [0.15, 0.2) is 0 Å². The minimum absolute atomic E-state index is 0.644. The Balaban J connectivity index is 2.91. The van der Waals surface area contributed by atoms with Gasteiger partial charge in [-0.1, -0.05) is 5.92 Å². The van der Waals surface area contributed by atoms with Crippen LogP contribution in [0, 0.1) is 24.2 Å². The lowest BCUT2D eigenvalue weighted by atomic mass is 10.4. The number of rotatable bonds is 3. The predicted molar refractivity (Wildman–Crippen MR) is 39.8 cm³/mol. The van der Waals surface area contributed by atoms with E-state index >= 15 is 0 Å². The fourth-order valence-electron chi connectivity index (χ4n) is 0.436. The first-order valence-electron chi connectivity index (χ1n) is 2.95. The molecule has 0 rings (SSSR count). The Labute approximate surface area is 56.8 Å². The molecule has 0 aliphatic carbocycles. The van der Waals surface area contributed by atoms with E-state index in [1.54, 1.807) is 0 Å². The van der Waals surface area contributed by atoms with Crippen molar-refractivity contribution >= 4 is 0 Å². The normalized spacial score (nSPS) is 7.11. The summed E-state index contributed by atoms with van der Waals surface area (Å²) in [5.41, 5.74) is 0. The van der Waals surface area contributed by atoms with Gasteiger partial charge in [0, 0.05) is 13.0 Å². The Morgan fingerprint density at radius 1 is 1.56 bits per heavy atom. The molecule has 0 atom stereocenters. The van der Waals surface area contributed by atoms with Crippen molar-refractivity contribution in [3.8, 4) is 24.2 Å². The number of hydrogen-bond donors (Lipinski definition) is 1. The van der Waals surface area contributed by atoms with Gasteiger partial charge in [0.25, 0.3) is 0 Å². The van der Waals surface area contributed by atoms with E-state index in [0.29, 0.717) is 6.54 Å². The van der Waals surface area contributed by atoms with E-state index in [-0.39, 0.29) is 0 Å². The molecular formula is C8H11N. The van der Waals surface area contributed by atoms with Crippen LogP contribution in [-0.2, 0) is 0 Å².